The van der Waals surface area contributed by atoms with Crippen LogP contribution in [0.1, 0.15) is 24.5 Å². The van der Waals surface area contributed by atoms with Gasteiger partial charge in [-0.2, -0.15) is 13.2 Å². The first-order valence-electron chi connectivity index (χ1n) is 8.76. The largest absolute Gasteiger partial charge is 0.434 e. The number of aliphatic hydroxyl groups is 1. The molecule has 0 spiro atoms. The van der Waals surface area contributed by atoms with Crippen LogP contribution in [-0.2, 0) is 17.5 Å². The van der Waals surface area contributed by atoms with Crippen molar-refractivity contribution < 1.29 is 23.0 Å². The molecule has 0 amide bonds. The maximum atomic E-state index is 12.6. The molecular weight excluding hydrogens is 383 g/mol. The molecule has 3 N–H and O–H groups in total. The van der Waals surface area contributed by atoms with Gasteiger partial charge < -0.3 is 20.5 Å². The third-order valence-electron chi connectivity index (χ3n) is 3.86. The maximum Gasteiger partial charge on any atom is 0.434 e. The summed E-state index contributed by atoms with van der Waals surface area (Å²) in [7, 11) is 0. The van der Waals surface area contributed by atoms with Gasteiger partial charge in [-0.25, -0.2) is 9.98 Å². The zero-order valence-corrected chi connectivity index (χ0v) is 16.3. The van der Waals surface area contributed by atoms with Crippen LogP contribution in [-0.4, -0.2) is 72.5 Å². The van der Waals surface area contributed by atoms with Crippen molar-refractivity contribution >= 4 is 17.3 Å². The Morgan fingerprint density at radius 2 is 2.07 bits per heavy atom. The molecule has 0 saturated carbocycles. The molecule has 1 unspecified atom stereocenters. The number of aliphatic imine (C=N–C) groups is 1. The molecule has 0 bridgehead atoms. The summed E-state index contributed by atoms with van der Waals surface area (Å²) in [4.78, 5) is 9.95. The summed E-state index contributed by atoms with van der Waals surface area (Å²) >= 11 is 0.922. The molecule has 27 heavy (non-hydrogen) atoms. The highest BCUT2D eigenvalue weighted by Gasteiger charge is 2.33. The Kier molecular flexibility index (Phi) is 7.83. The standard InChI is InChI=1S/C16H26F3N5O2S/c1-3-20-14(21-8-13-23-12(9-27-13)16(17,18)19)22-10-15(2,25)11-24-4-6-26-7-5-24/h9,25H,3-8,10-11H2,1-2H3,(H2,20,21,22). The van der Waals surface area contributed by atoms with Gasteiger partial charge in [0.2, 0.25) is 0 Å². The zero-order chi connectivity index (χ0) is 19.9. The summed E-state index contributed by atoms with van der Waals surface area (Å²) in [6.07, 6.45) is -4.45. The Balaban J connectivity index is 1.89. The van der Waals surface area contributed by atoms with Gasteiger partial charge in [0, 0.05) is 38.1 Å². The molecule has 11 heteroatoms. The first kappa shape index (κ1) is 21.9. The number of β-amino-alcohol motifs (C(OH)–C–C–N with tert-alkyl or cyclic N) is 1. The predicted octanol–water partition coefficient (Wildman–Crippen LogP) is 1.30. The third kappa shape index (κ3) is 7.60. The van der Waals surface area contributed by atoms with Crippen molar-refractivity contribution in [1.82, 2.24) is 20.5 Å². The summed E-state index contributed by atoms with van der Waals surface area (Å²) < 4.78 is 43.1. The molecule has 1 fully saturated rings. The minimum atomic E-state index is -4.45. The Bertz CT molecular complexity index is 615. The number of aromatic nitrogens is 1. The van der Waals surface area contributed by atoms with Crippen LogP contribution in [0.4, 0.5) is 13.2 Å². The van der Waals surface area contributed by atoms with Gasteiger partial charge in [0.1, 0.15) is 5.01 Å². The summed E-state index contributed by atoms with van der Waals surface area (Å²) in [6, 6.07) is 0. The minimum Gasteiger partial charge on any atom is -0.387 e. The lowest BCUT2D eigenvalue weighted by atomic mass is 10.1. The van der Waals surface area contributed by atoms with E-state index in [9.17, 15) is 18.3 Å². The van der Waals surface area contributed by atoms with Gasteiger partial charge in [0.05, 0.1) is 25.4 Å². The smallest absolute Gasteiger partial charge is 0.387 e. The van der Waals surface area contributed by atoms with E-state index in [1.54, 1.807) is 6.92 Å². The van der Waals surface area contributed by atoms with E-state index in [2.05, 4.69) is 25.5 Å². The number of thiazole rings is 1. The Labute approximate surface area is 160 Å². The van der Waals surface area contributed by atoms with Crippen LogP contribution < -0.4 is 10.6 Å². The van der Waals surface area contributed by atoms with E-state index in [1.807, 2.05) is 6.92 Å². The van der Waals surface area contributed by atoms with Gasteiger partial charge in [-0.05, 0) is 13.8 Å². The van der Waals surface area contributed by atoms with Crippen molar-refractivity contribution in [3.63, 3.8) is 0 Å². The fraction of sp³-hybridized carbons (Fsp3) is 0.750. The first-order chi connectivity index (χ1) is 12.7. The molecule has 7 nitrogen and oxygen atoms in total. The van der Waals surface area contributed by atoms with Crippen molar-refractivity contribution in [3.05, 3.63) is 16.1 Å². The number of rotatable bonds is 7. The number of hydrogen-bond acceptors (Lipinski definition) is 6. The van der Waals surface area contributed by atoms with E-state index in [-0.39, 0.29) is 18.1 Å². The summed E-state index contributed by atoms with van der Waals surface area (Å²) in [5.74, 6) is 0.420. The fourth-order valence-corrected chi connectivity index (χ4v) is 3.30. The molecule has 1 atom stereocenters. The van der Waals surface area contributed by atoms with Gasteiger partial charge in [0.15, 0.2) is 11.7 Å². The topological polar surface area (TPSA) is 82.0 Å². The number of hydrogen-bond donors (Lipinski definition) is 3. The van der Waals surface area contributed by atoms with Gasteiger partial charge in [-0.15, -0.1) is 11.3 Å². The number of halogens is 3. The fourth-order valence-electron chi connectivity index (χ4n) is 2.57. The van der Waals surface area contributed by atoms with E-state index in [0.29, 0.717) is 32.3 Å². The number of nitrogens with zero attached hydrogens (tertiary/aromatic N) is 3. The molecule has 1 saturated heterocycles. The highest BCUT2D eigenvalue weighted by Crippen LogP contribution is 2.30. The number of alkyl halides is 3. The van der Waals surface area contributed by atoms with Crippen molar-refractivity contribution in [2.75, 3.05) is 45.9 Å². The third-order valence-corrected chi connectivity index (χ3v) is 4.70. The second-order valence-electron chi connectivity index (χ2n) is 6.56. The van der Waals surface area contributed by atoms with E-state index < -0.39 is 17.5 Å². The maximum absolute atomic E-state index is 12.6. The number of morpholine rings is 1. The summed E-state index contributed by atoms with van der Waals surface area (Å²) in [5, 5.41) is 17.9. The molecule has 0 radical (unpaired) electrons. The lowest BCUT2D eigenvalue weighted by Gasteiger charge is -2.34. The average molecular weight is 409 g/mol. The Hall–Kier alpha value is -1.43. The van der Waals surface area contributed by atoms with Crippen LogP contribution in [0.25, 0.3) is 0 Å². The van der Waals surface area contributed by atoms with E-state index in [1.165, 1.54) is 0 Å². The van der Waals surface area contributed by atoms with E-state index in [0.717, 1.165) is 29.8 Å². The molecular formula is C16H26F3N5O2S. The molecule has 2 rings (SSSR count). The van der Waals surface area contributed by atoms with Crippen LogP contribution in [0.5, 0.6) is 0 Å². The highest BCUT2D eigenvalue weighted by atomic mass is 32.1. The van der Waals surface area contributed by atoms with Gasteiger partial charge >= 0.3 is 6.18 Å². The summed E-state index contributed by atoms with van der Waals surface area (Å²) in [6.45, 7) is 7.83. The second-order valence-corrected chi connectivity index (χ2v) is 7.50. The molecule has 1 aliphatic heterocycles. The van der Waals surface area contributed by atoms with Crippen LogP contribution in [0.3, 0.4) is 0 Å². The Morgan fingerprint density at radius 1 is 1.37 bits per heavy atom. The predicted molar refractivity (Wildman–Crippen MR) is 97.8 cm³/mol. The van der Waals surface area contributed by atoms with Crippen LogP contribution >= 0.6 is 11.3 Å². The SMILES string of the molecule is CCNC(=NCc1nc(C(F)(F)F)cs1)NCC(C)(O)CN1CCOCC1. The zero-order valence-electron chi connectivity index (χ0n) is 15.5. The van der Waals surface area contributed by atoms with Crippen molar-refractivity contribution in [2.45, 2.75) is 32.2 Å². The highest BCUT2D eigenvalue weighted by molar-refractivity contribution is 7.09. The number of nitrogens with one attached hydrogen (secondary N) is 2. The van der Waals surface area contributed by atoms with E-state index in [4.69, 9.17) is 4.74 Å². The van der Waals surface area contributed by atoms with Crippen LogP contribution in [0.15, 0.2) is 10.4 Å². The normalized spacial score (nSPS) is 19.0. The molecule has 1 aromatic heterocycles. The van der Waals surface area contributed by atoms with Gasteiger partial charge in [0.25, 0.3) is 0 Å². The second kappa shape index (κ2) is 9.67. The molecule has 2 heterocycles. The van der Waals surface area contributed by atoms with Crippen molar-refractivity contribution in [1.29, 1.82) is 0 Å². The average Bonchev–Trinajstić information content (AvgIpc) is 3.07. The first-order valence-corrected chi connectivity index (χ1v) is 9.64. The molecule has 1 aliphatic rings. The quantitative estimate of drug-likeness (QED) is 0.465. The van der Waals surface area contributed by atoms with Crippen LogP contribution in [0, 0.1) is 0 Å². The molecule has 1 aromatic rings. The van der Waals surface area contributed by atoms with Gasteiger partial charge in [-0.1, -0.05) is 0 Å². The Morgan fingerprint density at radius 3 is 2.67 bits per heavy atom. The van der Waals surface area contributed by atoms with Crippen LogP contribution in [0.2, 0.25) is 0 Å². The molecule has 154 valence electrons. The molecule has 0 aliphatic carbocycles. The number of ether oxygens (including phenoxy) is 1. The monoisotopic (exact) mass is 409 g/mol. The van der Waals surface area contributed by atoms with Gasteiger partial charge in [-0.3, -0.25) is 4.90 Å². The summed E-state index contributed by atoms with van der Waals surface area (Å²) in [5.41, 5.74) is -1.89. The number of guanidine groups is 1. The lowest BCUT2D eigenvalue weighted by Crippen LogP contribution is -2.52. The minimum absolute atomic E-state index is 0.0295. The van der Waals surface area contributed by atoms with E-state index >= 15 is 0 Å². The van der Waals surface area contributed by atoms with Crippen molar-refractivity contribution in [3.8, 4) is 0 Å². The van der Waals surface area contributed by atoms with Crippen molar-refractivity contribution in [2.24, 2.45) is 4.99 Å². The molecule has 0 aromatic carbocycles. The lowest BCUT2D eigenvalue weighted by molar-refractivity contribution is -0.140.